The van der Waals surface area contributed by atoms with E-state index in [1.165, 1.54) is 6.92 Å². The van der Waals surface area contributed by atoms with Crippen molar-refractivity contribution in [2.24, 2.45) is 0 Å². The topological polar surface area (TPSA) is 87.8 Å². The van der Waals surface area contributed by atoms with E-state index in [4.69, 9.17) is 4.42 Å². The van der Waals surface area contributed by atoms with E-state index in [0.717, 1.165) is 21.5 Å². The standard InChI is InChI=1S/C35H32F3NO5S/c1-22-12-15-26-8-5-6-11-29(26)32(22)45(42,43)39(21-30-23(2)18-31(44-30)35(36,37)38)20-24-13-16-25(17-14-24)27-9-7-10-28(19-27)34(3,4)33(40)41/h5-19H,20-21H2,1-4H3,(H,40,41). The number of sulfonamides is 1. The van der Waals surface area contributed by atoms with Crippen LogP contribution in [0.5, 0.6) is 0 Å². The number of nitrogens with zero attached hydrogens (tertiary/aromatic N) is 1. The van der Waals surface area contributed by atoms with Gasteiger partial charge in [0.15, 0.2) is 0 Å². The van der Waals surface area contributed by atoms with Crippen molar-refractivity contribution in [2.75, 3.05) is 0 Å². The molecule has 6 nitrogen and oxygen atoms in total. The highest BCUT2D eigenvalue weighted by molar-refractivity contribution is 7.89. The summed E-state index contributed by atoms with van der Waals surface area (Å²) in [5, 5.41) is 10.9. The van der Waals surface area contributed by atoms with Crippen LogP contribution < -0.4 is 0 Å². The Labute approximate surface area is 259 Å². The maximum Gasteiger partial charge on any atom is 0.449 e. The first-order valence-electron chi connectivity index (χ1n) is 14.2. The fraction of sp³-hybridized carbons (Fsp3) is 0.229. The van der Waals surface area contributed by atoms with E-state index in [0.29, 0.717) is 27.5 Å². The first-order valence-corrected chi connectivity index (χ1v) is 15.6. The Kier molecular flexibility index (Phi) is 8.41. The number of aliphatic carboxylic acids is 1. The summed E-state index contributed by atoms with van der Waals surface area (Å²) in [5.41, 5.74) is 2.41. The Bertz CT molecular complexity index is 1990. The normalized spacial score (nSPS) is 12.6. The van der Waals surface area contributed by atoms with Crippen molar-refractivity contribution in [1.29, 1.82) is 0 Å². The lowest BCUT2D eigenvalue weighted by molar-refractivity contribution is -0.153. The van der Waals surface area contributed by atoms with E-state index < -0.39 is 39.9 Å². The van der Waals surface area contributed by atoms with Crippen LogP contribution in [0.25, 0.3) is 21.9 Å². The van der Waals surface area contributed by atoms with Crippen molar-refractivity contribution in [3.05, 3.63) is 125 Å². The van der Waals surface area contributed by atoms with Gasteiger partial charge in [0.25, 0.3) is 0 Å². The van der Waals surface area contributed by atoms with Crippen molar-refractivity contribution < 1.29 is 35.9 Å². The quantitative estimate of drug-likeness (QED) is 0.176. The van der Waals surface area contributed by atoms with Gasteiger partial charge in [0, 0.05) is 11.9 Å². The molecule has 0 atom stereocenters. The number of furan rings is 1. The smallest absolute Gasteiger partial charge is 0.449 e. The Morgan fingerprint density at radius 2 is 1.51 bits per heavy atom. The van der Waals surface area contributed by atoms with Gasteiger partial charge in [-0.2, -0.15) is 17.5 Å². The van der Waals surface area contributed by atoms with Gasteiger partial charge in [-0.3, -0.25) is 4.79 Å². The fourth-order valence-electron chi connectivity index (χ4n) is 5.24. The molecular weight excluding hydrogens is 603 g/mol. The van der Waals surface area contributed by atoms with E-state index >= 15 is 0 Å². The zero-order valence-electron chi connectivity index (χ0n) is 25.1. The Balaban J connectivity index is 1.54. The number of benzene rings is 4. The number of fused-ring (bicyclic) bond motifs is 1. The minimum atomic E-state index is -4.72. The highest BCUT2D eigenvalue weighted by Crippen LogP contribution is 2.36. The molecule has 1 N–H and O–H groups in total. The van der Waals surface area contributed by atoms with Crippen LogP contribution >= 0.6 is 0 Å². The summed E-state index contributed by atoms with van der Waals surface area (Å²) in [6, 6.07) is 25.8. The molecule has 10 heteroatoms. The molecule has 4 aromatic carbocycles. The minimum Gasteiger partial charge on any atom is -0.481 e. The molecule has 234 valence electrons. The summed E-state index contributed by atoms with van der Waals surface area (Å²) < 4.78 is 75.4. The molecule has 0 bridgehead atoms. The summed E-state index contributed by atoms with van der Waals surface area (Å²) in [5.74, 6) is -2.24. The molecule has 1 aromatic heterocycles. The molecule has 0 saturated carbocycles. The molecule has 45 heavy (non-hydrogen) atoms. The van der Waals surface area contributed by atoms with Gasteiger partial charge in [-0.05, 0) is 72.5 Å². The van der Waals surface area contributed by atoms with Gasteiger partial charge >= 0.3 is 12.1 Å². The third-order valence-corrected chi connectivity index (χ3v) is 10.1. The highest BCUT2D eigenvalue weighted by Gasteiger charge is 2.37. The van der Waals surface area contributed by atoms with Gasteiger partial charge in [-0.25, -0.2) is 8.42 Å². The lowest BCUT2D eigenvalue weighted by Crippen LogP contribution is -2.31. The molecule has 0 radical (unpaired) electrons. The fourth-order valence-corrected chi connectivity index (χ4v) is 7.05. The summed E-state index contributed by atoms with van der Waals surface area (Å²) in [6.45, 7) is 5.84. The van der Waals surface area contributed by atoms with E-state index in [1.807, 2.05) is 12.1 Å². The molecule has 1 heterocycles. The van der Waals surface area contributed by atoms with Crippen LogP contribution in [0.1, 0.15) is 47.6 Å². The summed E-state index contributed by atoms with van der Waals surface area (Å²) >= 11 is 0. The van der Waals surface area contributed by atoms with Crippen LogP contribution in [-0.2, 0) is 39.5 Å². The molecule has 0 aliphatic carbocycles. The van der Waals surface area contributed by atoms with Crippen molar-refractivity contribution >= 4 is 26.8 Å². The molecule has 5 rings (SSSR count). The van der Waals surface area contributed by atoms with Gasteiger partial charge in [0.1, 0.15) is 5.76 Å². The molecule has 0 aliphatic heterocycles. The van der Waals surface area contributed by atoms with Crippen LogP contribution in [0.3, 0.4) is 0 Å². The predicted molar refractivity (Wildman–Crippen MR) is 166 cm³/mol. The molecular formula is C35H32F3NO5S. The first kappa shape index (κ1) is 32.0. The molecule has 5 aromatic rings. The zero-order valence-corrected chi connectivity index (χ0v) is 26.0. The summed E-state index contributed by atoms with van der Waals surface area (Å²) in [7, 11) is -4.25. The number of aryl methyl sites for hydroxylation is 2. The van der Waals surface area contributed by atoms with Crippen molar-refractivity contribution in [3.63, 3.8) is 0 Å². The summed E-state index contributed by atoms with van der Waals surface area (Å²) in [6.07, 6.45) is -4.72. The van der Waals surface area contributed by atoms with E-state index in [9.17, 15) is 31.5 Å². The van der Waals surface area contributed by atoms with Crippen LogP contribution in [-0.4, -0.2) is 23.8 Å². The molecule has 0 aliphatic rings. The van der Waals surface area contributed by atoms with Crippen LogP contribution in [0.15, 0.2) is 100 Å². The lowest BCUT2D eigenvalue weighted by Gasteiger charge is -2.24. The maximum absolute atomic E-state index is 14.4. The number of alkyl halides is 3. The average Bonchev–Trinajstić information content (AvgIpc) is 3.37. The molecule has 0 unspecified atom stereocenters. The lowest BCUT2D eigenvalue weighted by atomic mass is 9.83. The highest BCUT2D eigenvalue weighted by atomic mass is 32.2. The molecule has 0 amide bonds. The van der Waals surface area contributed by atoms with E-state index in [2.05, 4.69) is 0 Å². The second-order valence-corrected chi connectivity index (χ2v) is 13.5. The van der Waals surface area contributed by atoms with Crippen molar-refractivity contribution in [3.8, 4) is 11.1 Å². The monoisotopic (exact) mass is 635 g/mol. The summed E-state index contributed by atoms with van der Waals surface area (Å²) in [4.78, 5) is 11.9. The second kappa shape index (κ2) is 11.8. The number of rotatable bonds is 9. The molecule has 0 fully saturated rings. The van der Waals surface area contributed by atoms with Crippen LogP contribution in [0.2, 0.25) is 0 Å². The largest absolute Gasteiger partial charge is 0.481 e. The third kappa shape index (κ3) is 6.39. The number of hydrogen-bond acceptors (Lipinski definition) is 4. The number of hydrogen-bond donors (Lipinski definition) is 1. The van der Waals surface area contributed by atoms with Gasteiger partial charge in [-0.15, -0.1) is 0 Å². The maximum atomic E-state index is 14.4. The first-order chi connectivity index (χ1) is 21.1. The predicted octanol–water partition coefficient (Wildman–Crippen LogP) is 8.49. The Morgan fingerprint density at radius 1 is 0.822 bits per heavy atom. The number of carbonyl (C=O) groups is 1. The van der Waals surface area contributed by atoms with Crippen LogP contribution in [0.4, 0.5) is 13.2 Å². The SMILES string of the molecule is Cc1cc(C(F)(F)F)oc1CN(Cc1ccc(-c2cccc(C(C)(C)C(=O)O)c2)cc1)S(=O)(=O)c1c(C)ccc2ccccc12. The number of carboxylic acid groups (broad SMARTS) is 1. The van der Waals surface area contributed by atoms with Crippen molar-refractivity contribution in [2.45, 2.75) is 57.3 Å². The zero-order chi connectivity index (χ0) is 32.7. The third-order valence-electron chi connectivity index (χ3n) is 8.06. The van der Waals surface area contributed by atoms with Crippen molar-refractivity contribution in [1.82, 2.24) is 4.31 Å². The Morgan fingerprint density at radius 3 is 2.16 bits per heavy atom. The van der Waals surface area contributed by atoms with Gasteiger partial charge < -0.3 is 9.52 Å². The Hall–Kier alpha value is -4.41. The average molecular weight is 636 g/mol. The minimum absolute atomic E-state index is 0.0790. The van der Waals surface area contributed by atoms with Crippen LogP contribution in [0, 0.1) is 13.8 Å². The van der Waals surface area contributed by atoms with E-state index in [-0.39, 0.29) is 22.8 Å². The van der Waals surface area contributed by atoms with Gasteiger partial charge in [0.05, 0.1) is 16.9 Å². The number of halogens is 3. The molecule has 0 saturated heterocycles. The second-order valence-electron chi connectivity index (χ2n) is 11.6. The molecule has 0 spiro atoms. The van der Waals surface area contributed by atoms with Gasteiger partial charge in [-0.1, -0.05) is 84.9 Å². The van der Waals surface area contributed by atoms with E-state index in [1.54, 1.807) is 93.6 Å². The van der Waals surface area contributed by atoms with Gasteiger partial charge in [0.2, 0.25) is 15.8 Å². The number of carboxylic acids is 1.